The molecule has 1 aromatic carbocycles. The van der Waals surface area contributed by atoms with Gasteiger partial charge in [-0.25, -0.2) is 0 Å². The van der Waals surface area contributed by atoms with Gasteiger partial charge >= 0.3 is 0 Å². The van der Waals surface area contributed by atoms with Crippen LogP contribution in [0.15, 0.2) is 35.3 Å². The first-order valence-corrected chi connectivity index (χ1v) is 11.0. The summed E-state index contributed by atoms with van der Waals surface area (Å²) in [6, 6.07) is 10.9. The summed E-state index contributed by atoms with van der Waals surface area (Å²) >= 11 is 0. The summed E-state index contributed by atoms with van der Waals surface area (Å²) in [5.74, 6) is 1.89. The Morgan fingerprint density at radius 2 is 1.96 bits per heavy atom. The van der Waals surface area contributed by atoms with E-state index in [-0.39, 0.29) is 0 Å². The molecule has 1 unspecified atom stereocenters. The lowest BCUT2D eigenvalue weighted by Crippen LogP contribution is -2.43. The van der Waals surface area contributed by atoms with Crippen molar-refractivity contribution < 1.29 is 0 Å². The lowest BCUT2D eigenvalue weighted by atomic mass is 9.86. The minimum Gasteiger partial charge on any atom is -0.356 e. The van der Waals surface area contributed by atoms with Crippen LogP contribution >= 0.6 is 0 Å². The summed E-state index contributed by atoms with van der Waals surface area (Å²) in [6.07, 6.45) is 9.56. The van der Waals surface area contributed by atoms with Gasteiger partial charge in [0.2, 0.25) is 0 Å². The van der Waals surface area contributed by atoms with Crippen LogP contribution in [-0.2, 0) is 6.42 Å². The Hall–Kier alpha value is -1.55. The van der Waals surface area contributed by atoms with Gasteiger partial charge < -0.3 is 15.1 Å². The highest BCUT2D eigenvalue weighted by Crippen LogP contribution is 2.45. The molecular weight excluding hydrogens is 332 g/mol. The topological polar surface area (TPSA) is 30.9 Å². The van der Waals surface area contributed by atoms with Crippen molar-refractivity contribution in [3.8, 4) is 0 Å². The van der Waals surface area contributed by atoms with Gasteiger partial charge in [-0.2, -0.15) is 0 Å². The molecule has 4 nitrogen and oxygen atoms in total. The zero-order chi connectivity index (χ0) is 18.5. The molecule has 2 saturated heterocycles. The van der Waals surface area contributed by atoms with Crippen molar-refractivity contribution in [2.75, 3.05) is 46.3 Å². The maximum atomic E-state index is 4.60. The molecule has 1 aromatic rings. The zero-order valence-corrected chi connectivity index (χ0v) is 17.0. The van der Waals surface area contributed by atoms with E-state index < -0.39 is 0 Å². The lowest BCUT2D eigenvalue weighted by Gasteiger charge is -2.26. The van der Waals surface area contributed by atoms with Crippen LogP contribution in [0.25, 0.3) is 0 Å². The Morgan fingerprint density at radius 1 is 1.15 bits per heavy atom. The molecule has 148 valence electrons. The number of aliphatic imine (C=N–C) groups is 1. The van der Waals surface area contributed by atoms with Crippen LogP contribution in [0.1, 0.15) is 44.1 Å². The Balaban J connectivity index is 1.19. The van der Waals surface area contributed by atoms with Gasteiger partial charge in [0.25, 0.3) is 0 Å². The molecule has 1 spiro atoms. The van der Waals surface area contributed by atoms with E-state index in [4.69, 9.17) is 0 Å². The van der Waals surface area contributed by atoms with Gasteiger partial charge in [0.15, 0.2) is 5.96 Å². The highest BCUT2D eigenvalue weighted by atomic mass is 15.3. The van der Waals surface area contributed by atoms with Crippen molar-refractivity contribution in [2.45, 2.75) is 44.9 Å². The van der Waals surface area contributed by atoms with E-state index in [0.29, 0.717) is 5.41 Å². The second kappa shape index (κ2) is 8.64. The van der Waals surface area contributed by atoms with Crippen molar-refractivity contribution >= 4 is 5.96 Å². The molecule has 2 aliphatic heterocycles. The van der Waals surface area contributed by atoms with E-state index in [1.165, 1.54) is 83.2 Å². The smallest absolute Gasteiger partial charge is 0.193 e. The maximum absolute atomic E-state index is 4.60. The van der Waals surface area contributed by atoms with Crippen LogP contribution in [0.5, 0.6) is 0 Å². The molecule has 3 aliphatic rings. The number of nitrogens with one attached hydrogen (secondary N) is 1. The third-order valence-corrected chi connectivity index (χ3v) is 7.09. The first-order chi connectivity index (χ1) is 13.3. The molecule has 1 aliphatic carbocycles. The van der Waals surface area contributed by atoms with Gasteiger partial charge in [-0.05, 0) is 55.5 Å². The monoisotopic (exact) mass is 368 g/mol. The van der Waals surface area contributed by atoms with Gasteiger partial charge in [-0.15, -0.1) is 0 Å². The van der Waals surface area contributed by atoms with Crippen LogP contribution < -0.4 is 5.32 Å². The first kappa shape index (κ1) is 18.8. The fraction of sp³-hybridized carbons (Fsp3) is 0.696. The maximum Gasteiger partial charge on any atom is 0.193 e. The lowest BCUT2D eigenvalue weighted by molar-refractivity contribution is 0.307. The van der Waals surface area contributed by atoms with E-state index in [1.54, 1.807) is 0 Å². The summed E-state index contributed by atoms with van der Waals surface area (Å²) in [5, 5.41) is 3.70. The van der Waals surface area contributed by atoms with Crippen LogP contribution in [-0.4, -0.2) is 62.1 Å². The van der Waals surface area contributed by atoms with Crippen LogP contribution in [0.4, 0.5) is 0 Å². The van der Waals surface area contributed by atoms with Gasteiger partial charge in [-0.1, -0.05) is 43.2 Å². The summed E-state index contributed by atoms with van der Waals surface area (Å²) in [6.45, 7) is 7.13. The fourth-order valence-corrected chi connectivity index (χ4v) is 5.43. The standard InChI is InChI=1S/C23H36N4/c1-24-22(27-16-13-23(19-27)11-5-6-12-23)25-17-21-10-15-26(18-21)14-9-20-7-3-2-4-8-20/h2-4,7-8,21H,5-6,9-19H2,1H3,(H,24,25). The molecule has 2 heterocycles. The van der Waals surface area contributed by atoms with Crippen LogP contribution in [0, 0.1) is 11.3 Å². The predicted molar refractivity (Wildman–Crippen MR) is 113 cm³/mol. The summed E-state index contributed by atoms with van der Waals surface area (Å²) in [5.41, 5.74) is 2.06. The average Bonchev–Trinajstić information content (AvgIpc) is 3.45. The number of benzene rings is 1. The van der Waals surface area contributed by atoms with Gasteiger partial charge in [0, 0.05) is 39.8 Å². The van der Waals surface area contributed by atoms with Crippen molar-refractivity contribution in [2.24, 2.45) is 16.3 Å². The van der Waals surface area contributed by atoms with Crippen LogP contribution in [0.3, 0.4) is 0 Å². The largest absolute Gasteiger partial charge is 0.356 e. The van der Waals surface area contributed by atoms with Crippen molar-refractivity contribution in [3.63, 3.8) is 0 Å². The normalized spacial score (nSPS) is 25.6. The van der Waals surface area contributed by atoms with E-state index in [1.807, 2.05) is 7.05 Å². The average molecular weight is 369 g/mol. The third-order valence-electron chi connectivity index (χ3n) is 7.09. The molecule has 4 heteroatoms. The molecule has 3 fully saturated rings. The van der Waals surface area contributed by atoms with Crippen LogP contribution in [0.2, 0.25) is 0 Å². The zero-order valence-electron chi connectivity index (χ0n) is 17.0. The molecule has 4 rings (SSSR count). The Morgan fingerprint density at radius 3 is 2.74 bits per heavy atom. The number of hydrogen-bond donors (Lipinski definition) is 1. The second-order valence-corrected chi connectivity index (χ2v) is 9.00. The van der Waals surface area contributed by atoms with Crippen molar-refractivity contribution in [1.82, 2.24) is 15.1 Å². The number of rotatable bonds is 5. The summed E-state index contributed by atoms with van der Waals surface area (Å²) in [4.78, 5) is 9.75. The molecule has 1 atom stereocenters. The van der Waals surface area contributed by atoms with Gasteiger partial charge in [0.05, 0.1) is 0 Å². The van der Waals surface area contributed by atoms with E-state index in [0.717, 1.165) is 18.4 Å². The number of guanidine groups is 1. The SMILES string of the molecule is CN=C(NCC1CCN(CCc2ccccc2)C1)N1CCC2(CCCC2)C1. The molecule has 0 radical (unpaired) electrons. The van der Waals surface area contributed by atoms with E-state index in [2.05, 4.69) is 50.4 Å². The second-order valence-electron chi connectivity index (χ2n) is 9.00. The Bertz CT molecular complexity index is 621. The molecule has 27 heavy (non-hydrogen) atoms. The van der Waals surface area contributed by atoms with Crippen molar-refractivity contribution in [1.29, 1.82) is 0 Å². The van der Waals surface area contributed by atoms with Gasteiger partial charge in [-0.3, -0.25) is 4.99 Å². The summed E-state index contributed by atoms with van der Waals surface area (Å²) < 4.78 is 0. The molecular formula is C23H36N4. The molecule has 0 amide bonds. The number of nitrogens with zero attached hydrogens (tertiary/aromatic N) is 3. The summed E-state index contributed by atoms with van der Waals surface area (Å²) in [7, 11) is 1.95. The number of likely N-dealkylation sites (tertiary alicyclic amines) is 2. The molecule has 1 saturated carbocycles. The molecule has 0 bridgehead atoms. The Labute approximate surface area is 165 Å². The number of hydrogen-bond acceptors (Lipinski definition) is 2. The first-order valence-electron chi connectivity index (χ1n) is 11.0. The van der Waals surface area contributed by atoms with Crippen molar-refractivity contribution in [3.05, 3.63) is 35.9 Å². The Kier molecular flexibility index (Phi) is 6.01. The van der Waals surface area contributed by atoms with Gasteiger partial charge in [0.1, 0.15) is 0 Å². The fourth-order valence-electron chi connectivity index (χ4n) is 5.43. The predicted octanol–water partition coefficient (Wildman–Crippen LogP) is 3.39. The van der Waals surface area contributed by atoms with E-state index >= 15 is 0 Å². The van der Waals surface area contributed by atoms with E-state index in [9.17, 15) is 0 Å². The quantitative estimate of drug-likeness (QED) is 0.638. The highest BCUT2D eigenvalue weighted by Gasteiger charge is 2.41. The third kappa shape index (κ3) is 4.66. The molecule has 0 aromatic heterocycles. The highest BCUT2D eigenvalue weighted by molar-refractivity contribution is 5.80. The molecule has 1 N–H and O–H groups in total. The minimum absolute atomic E-state index is 0.610. The minimum atomic E-state index is 0.610.